The summed E-state index contributed by atoms with van der Waals surface area (Å²) in [6.45, 7) is 3.03. The lowest BCUT2D eigenvalue weighted by Crippen LogP contribution is -2.59. The SMILES string of the molecule is C[C@]12C[C@H]3C[C@@](COC(=O)/C=C/c4ccccc4)(C1)C[C@@](c1ccccc1)(C3)C2. The van der Waals surface area contributed by atoms with E-state index in [2.05, 4.69) is 37.3 Å². The molecule has 4 aliphatic carbocycles. The molecule has 0 amide bonds. The highest BCUT2D eigenvalue weighted by Gasteiger charge is 2.62. The number of rotatable bonds is 5. The van der Waals surface area contributed by atoms with Crippen molar-refractivity contribution in [3.8, 4) is 0 Å². The summed E-state index contributed by atoms with van der Waals surface area (Å²) >= 11 is 0. The topological polar surface area (TPSA) is 26.3 Å². The van der Waals surface area contributed by atoms with Crippen LogP contribution in [0.3, 0.4) is 0 Å². The molecule has 4 aliphatic rings. The van der Waals surface area contributed by atoms with E-state index in [4.69, 9.17) is 4.74 Å². The molecule has 4 saturated carbocycles. The Kier molecular flexibility index (Phi) is 4.42. The zero-order chi connectivity index (χ0) is 20.0. The van der Waals surface area contributed by atoms with E-state index < -0.39 is 0 Å². The van der Waals surface area contributed by atoms with E-state index >= 15 is 0 Å². The summed E-state index contributed by atoms with van der Waals surface area (Å²) in [6, 6.07) is 21.0. The van der Waals surface area contributed by atoms with Crippen LogP contribution in [0.5, 0.6) is 0 Å². The number of carbonyl (C=O) groups is 1. The van der Waals surface area contributed by atoms with Crippen molar-refractivity contribution in [3.05, 3.63) is 77.9 Å². The van der Waals surface area contributed by atoms with E-state index in [1.165, 1.54) is 37.7 Å². The number of hydrogen-bond acceptors (Lipinski definition) is 2. The molecule has 4 bridgehead atoms. The van der Waals surface area contributed by atoms with Gasteiger partial charge in [-0.05, 0) is 72.5 Å². The standard InChI is InChI=1S/C27H30O2/c1-25-14-22-15-26(17-25,19-27(16-22,18-25)23-10-6-3-7-11-23)20-29-24(28)13-12-21-8-4-2-5-9-21/h2-13,22H,14-20H2,1H3/b13-12+/t22-,25-,26+,27+/m0/s1. The van der Waals surface area contributed by atoms with E-state index in [0.29, 0.717) is 12.0 Å². The Labute approximate surface area is 174 Å². The van der Waals surface area contributed by atoms with Gasteiger partial charge in [0.25, 0.3) is 0 Å². The average molecular weight is 387 g/mol. The Morgan fingerprint density at radius 1 is 0.966 bits per heavy atom. The molecule has 150 valence electrons. The quantitative estimate of drug-likeness (QED) is 0.454. The molecular weight excluding hydrogens is 356 g/mol. The lowest BCUT2D eigenvalue weighted by Gasteiger charge is -2.66. The van der Waals surface area contributed by atoms with Crippen molar-refractivity contribution in [1.82, 2.24) is 0 Å². The van der Waals surface area contributed by atoms with Gasteiger partial charge in [-0.25, -0.2) is 4.79 Å². The highest BCUT2D eigenvalue weighted by atomic mass is 16.5. The van der Waals surface area contributed by atoms with Gasteiger partial charge in [-0.2, -0.15) is 0 Å². The van der Waals surface area contributed by atoms with Crippen molar-refractivity contribution in [2.45, 2.75) is 50.9 Å². The molecule has 2 nitrogen and oxygen atoms in total. The van der Waals surface area contributed by atoms with Crippen molar-refractivity contribution >= 4 is 12.0 Å². The normalized spacial score (nSPS) is 35.1. The van der Waals surface area contributed by atoms with E-state index in [1.807, 2.05) is 36.4 Å². The van der Waals surface area contributed by atoms with Crippen LogP contribution in [0.15, 0.2) is 66.7 Å². The Bertz CT molecular complexity index is 918. The summed E-state index contributed by atoms with van der Waals surface area (Å²) in [5.74, 6) is 0.540. The lowest BCUT2D eigenvalue weighted by atomic mass is 9.39. The van der Waals surface area contributed by atoms with Gasteiger partial charge in [0.2, 0.25) is 0 Å². The molecule has 4 fully saturated rings. The summed E-state index contributed by atoms with van der Waals surface area (Å²) in [5.41, 5.74) is 3.30. The summed E-state index contributed by atoms with van der Waals surface area (Å²) in [6.07, 6.45) is 10.9. The Morgan fingerprint density at radius 2 is 1.69 bits per heavy atom. The number of carbonyl (C=O) groups excluding carboxylic acids is 1. The van der Waals surface area contributed by atoms with E-state index in [1.54, 1.807) is 6.08 Å². The van der Waals surface area contributed by atoms with Gasteiger partial charge < -0.3 is 4.74 Å². The maximum atomic E-state index is 12.4. The van der Waals surface area contributed by atoms with E-state index in [0.717, 1.165) is 17.9 Å². The van der Waals surface area contributed by atoms with Gasteiger partial charge in [-0.15, -0.1) is 0 Å². The molecule has 0 unspecified atom stereocenters. The monoisotopic (exact) mass is 386 g/mol. The van der Waals surface area contributed by atoms with Crippen LogP contribution in [0.4, 0.5) is 0 Å². The van der Waals surface area contributed by atoms with E-state index in [9.17, 15) is 4.79 Å². The van der Waals surface area contributed by atoms with Gasteiger partial charge >= 0.3 is 5.97 Å². The van der Waals surface area contributed by atoms with Gasteiger partial charge in [-0.1, -0.05) is 67.6 Å². The molecule has 0 aliphatic heterocycles. The molecule has 29 heavy (non-hydrogen) atoms. The minimum Gasteiger partial charge on any atom is -0.462 e. The molecule has 6 rings (SSSR count). The highest BCUT2D eigenvalue weighted by Crippen LogP contribution is 2.70. The third-order valence-corrected chi connectivity index (χ3v) is 7.58. The largest absolute Gasteiger partial charge is 0.462 e. The third kappa shape index (κ3) is 3.54. The minimum atomic E-state index is -0.219. The Hall–Kier alpha value is -2.35. The maximum absolute atomic E-state index is 12.4. The minimum absolute atomic E-state index is 0.139. The second-order valence-corrected chi connectivity index (χ2v) is 10.3. The van der Waals surface area contributed by atoms with Gasteiger partial charge in [0.15, 0.2) is 0 Å². The van der Waals surface area contributed by atoms with Crippen LogP contribution in [-0.2, 0) is 14.9 Å². The van der Waals surface area contributed by atoms with Crippen molar-refractivity contribution in [2.24, 2.45) is 16.7 Å². The molecule has 0 aromatic heterocycles. The second-order valence-electron chi connectivity index (χ2n) is 10.3. The molecule has 2 heteroatoms. The summed E-state index contributed by atoms with van der Waals surface area (Å²) in [4.78, 5) is 12.4. The molecule has 0 heterocycles. The van der Waals surface area contributed by atoms with Crippen LogP contribution in [0.2, 0.25) is 0 Å². The molecule has 0 saturated heterocycles. The van der Waals surface area contributed by atoms with Crippen LogP contribution in [0, 0.1) is 16.7 Å². The zero-order valence-corrected chi connectivity index (χ0v) is 17.3. The smallest absolute Gasteiger partial charge is 0.330 e. The lowest BCUT2D eigenvalue weighted by molar-refractivity contribution is -0.163. The summed E-state index contributed by atoms with van der Waals surface area (Å²) < 4.78 is 5.85. The maximum Gasteiger partial charge on any atom is 0.330 e. The van der Waals surface area contributed by atoms with Crippen LogP contribution >= 0.6 is 0 Å². The highest BCUT2D eigenvalue weighted by molar-refractivity contribution is 5.87. The fourth-order valence-corrected chi connectivity index (χ4v) is 7.41. The first kappa shape index (κ1) is 18.7. The first-order chi connectivity index (χ1) is 14.0. The predicted molar refractivity (Wildman–Crippen MR) is 116 cm³/mol. The molecule has 2 aromatic carbocycles. The van der Waals surface area contributed by atoms with Crippen LogP contribution in [0.25, 0.3) is 6.08 Å². The second kappa shape index (κ2) is 6.86. The fraction of sp³-hybridized carbons (Fsp3) is 0.444. The average Bonchev–Trinajstić information content (AvgIpc) is 2.70. The van der Waals surface area contributed by atoms with E-state index in [-0.39, 0.29) is 16.8 Å². The molecule has 4 atom stereocenters. The molecule has 0 spiro atoms. The van der Waals surface area contributed by atoms with Crippen LogP contribution < -0.4 is 0 Å². The molecular formula is C27H30O2. The van der Waals surface area contributed by atoms with Gasteiger partial charge in [0.05, 0.1) is 6.61 Å². The Morgan fingerprint density at radius 3 is 2.41 bits per heavy atom. The fourth-order valence-electron chi connectivity index (χ4n) is 7.41. The van der Waals surface area contributed by atoms with Crippen molar-refractivity contribution in [2.75, 3.05) is 6.61 Å². The van der Waals surface area contributed by atoms with Gasteiger partial charge in [-0.3, -0.25) is 0 Å². The Balaban J connectivity index is 1.34. The molecule has 0 N–H and O–H groups in total. The first-order valence-electron chi connectivity index (χ1n) is 10.9. The van der Waals surface area contributed by atoms with Gasteiger partial charge in [0.1, 0.15) is 0 Å². The summed E-state index contributed by atoms with van der Waals surface area (Å²) in [5, 5.41) is 0. The third-order valence-electron chi connectivity index (χ3n) is 7.58. The van der Waals surface area contributed by atoms with Crippen molar-refractivity contribution in [3.63, 3.8) is 0 Å². The molecule has 0 radical (unpaired) electrons. The molecule has 2 aromatic rings. The van der Waals surface area contributed by atoms with Crippen LogP contribution in [-0.4, -0.2) is 12.6 Å². The number of hydrogen-bond donors (Lipinski definition) is 0. The predicted octanol–water partition coefficient (Wildman–Crippen LogP) is 6.17. The first-order valence-corrected chi connectivity index (χ1v) is 10.9. The van der Waals surface area contributed by atoms with Gasteiger partial charge in [0, 0.05) is 11.5 Å². The zero-order valence-electron chi connectivity index (χ0n) is 17.3. The van der Waals surface area contributed by atoms with Crippen LogP contribution in [0.1, 0.15) is 56.6 Å². The van der Waals surface area contributed by atoms with Crippen molar-refractivity contribution < 1.29 is 9.53 Å². The summed E-state index contributed by atoms with van der Waals surface area (Å²) in [7, 11) is 0. The number of benzene rings is 2. The van der Waals surface area contributed by atoms with Crippen molar-refractivity contribution in [1.29, 1.82) is 0 Å². The number of esters is 1. The number of ether oxygens (including phenoxy) is 1.